The van der Waals surface area contributed by atoms with Crippen LogP contribution in [0.2, 0.25) is 0 Å². The van der Waals surface area contributed by atoms with E-state index in [1.807, 2.05) is 0 Å². The average molecular weight is 1160 g/mol. The van der Waals surface area contributed by atoms with Crippen LogP contribution < -0.4 is 26.4 Å². The zero-order valence-corrected chi connectivity index (χ0v) is 40.0. The fraction of sp³-hybridized carbons (Fsp3) is 0.241. The minimum Gasteiger partial charge on any atom is -0.194 e. The monoisotopic (exact) mass is 1160 g/mol. The Hall–Kier alpha value is -7.15. The second-order valence-corrected chi connectivity index (χ2v) is 18.6. The number of aromatic nitrogens is 1. The predicted octanol–water partition coefficient (Wildman–Crippen LogP) is 16.3. The van der Waals surface area contributed by atoms with E-state index in [2.05, 4.69) is 77.5 Å². The molecule has 1 aliphatic rings. The molecule has 0 radical (unpaired) electrons. The number of hydrogen-bond donors (Lipinski definition) is 0. The van der Waals surface area contributed by atoms with Gasteiger partial charge in [0.15, 0.2) is 12.7 Å². The minimum absolute atomic E-state index is 0.691. The number of halogens is 24. The van der Waals surface area contributed by atoms with Crippen LogP contribution in [0.5, 0.6) is 0 Å². The van der Waals surface area contributed by atoms with Crippen LogP contribution in [0.25, 0.3) is 16.3 Å². The van der Waals surface area contributed by atoms with Crippen molar-refractivity contribution in [2.75, 3.05) is 0 Å². The van der Waals surface area contributed by atoms with Crippen molar-refractivity contribution in [3.05, 3.63) is 201 Å². The number of alkyl halides is 24. The van der Waals surface area contributed by atoms with Gasteiger partial charge in [-0.1, -0.05) is 103 Å². The highest BCUT2D eigenvalue weighted by Gasteiger charge is 2.47. The summed E-state index contributed by atoms with van der Waals surface area (Å²) in [5.41, 5.74) is -25.9. The Kier molecular flexibility index (Phi) is 16.2. The van der Waals surface area contributed by atoms with E-state index in [9.17, 15) is 105 Å². The quantitative estimate of drug-likeness (QED) is 0.0851. The molecule has 0 N–H and O–H groups in total. The smallest absolute Gasteiger partial charge is 0.194 e. The van der Waals surface area contributed by atoms with E-state index in [1.165, 1.54) is 53.3 Å². The maximum atomic E-state index is 14.2. The first-order valence-electron chi connectivity index (χ1n) is 23.2. The zero-order chi connectivity index (χ0) is 59.4. The Labute approximate surface area is 436 Å². The second-order valence-electron chi connectivity index (χ2n) is 18.6. The van der Waals surface area contributed by atoms with Crippen molar-refractivity contribution >= 4 is 44.3 Å². The lowest BCUT2D eigenvalue weighted by atomic mass is 9.12. The molecule has 0 unspecified atom stereocenters. The number of fused-ring (bicyclic) bond motifs is 1. The molecule has 1 nitrogen and oxygen atoms in total. The first kappa shape index (κ1) is 60.5. The van der Waals surface area contributed by atoms with Crippen molar-refractivity contribution in [1.82, 2.24) is 0 Å². The SMILES string of the molecule is C1=C(c2c3ccccc3cc[n+]2Cc2ccccc2)CCCC1.FC(F)(F)c1cc([B-](c2cc(C(F)(F)F)cc(C(F)(F)F)c2)(c2cc(C(F)(F)F)cc(C(F)(F)F)c2)c2cc(C(F)(F)F)cc(C(F)(F)F)c2)cc(C(F)(F)F)c1. The lowest BCUT2D eigenvalue weighted by Crippen LogP contribution is -2.75. The second kappa shape index (κ2) is 21.4. The molecule has 0 spiro atoms. The standard InChI is InChI=1S/C32H12BF24.C22H22N/c34-25(35,36)13-1-14(26(37,38)39)6-21(5-13)33(22-7-15(27(40,41)42)2-16(8-22)28(43,44)45,23-9-17(29(46,47)48)3-18(10-23)30(49,50)51)24-11-19(31(52,53)54)4-20(12-24)32(55,56)57;1-3-9-18(10-4-1)17-23-16-15-19-11-7-8-14-21(19)22(23)20-12-5-2-6-13-20/h1-12H;1,3-4,7-12,14-16H,2,5-6,13,17H2/q-1;+1. The third-order valence-corrected chi connectivity index (χ3v) is 13.2. The summed E-state index contributed by atoms with van der Waals surface area (Å²) >= 11 is 0. The summed E-state index contributed by atoms with van der Waals surface area (Å²) in [6.07, 6.45) is -45.1. The van der Waals surface area contributed by atoms with Gasteiger partial charge in [-0.05, 0) is 61.4 Å². The Bertz CT molecular complexity index is 2970. The van der Waals surface area contributed by atoms with Crippen LogP contribution in [0.15, 0.2) is 146 Å². The number of hydrogen-bond acceptors (Lipinski definition) is 0. The third kappa shape index (κ3) is 13.4. The highest BCUT2D eigenvalue weighted by molar-refractivity contribution is 7.20. The van der Waals surface area contributed by atoms with E-state index >= 15 is 0 Å². The molecule has 80 heavy (non-hydrogen) atoms. The Morgan fingerprint density at radius 3 is 0.963 bits per heavy atom. The van der Waals surface area contributed by atoms with Crippen molar-refractivity contribution in [3.8, 4) is 0 Å². The van der Waals surface area contributed by atoms with Gasteiger partial charge in [0.1, 0.15) is 6.15 Å². The lowest BCUT2D eigenvalue weighted by Gasteiger charge is -2.46. The molecule has 0 saturated carbocycles. The van der Waals surface area contributed by atoms with Gasteiger partial charge < -0.3 is 0 Å². The van der Waals surface area contributed by atoms with E-state index in [4.69, 9.17) is 0 Å². The highest BCUT2D eigenvalue weighted by Crippen LogP contribution is 2.42. The summed E-state index contributed by atoms with van der Waals surface area (Å²) in [7, 11) is 0. The summed E-state index contributed by atoms with van der Waals surface area (Å²) in [6.45, 7) is 0.929. The molecule has 426 valence electrons. The summed E-state index contributed by atoms with van der Waals surface area (Å²) in [6, 6.07) is 12.9. The van der Waals surface area contributed by atoms with Crippen LogP contribution in [0.3, 0.4) is 0 Å². The van der Waals surface area contributed by atoms with Gasteiger partial charge in [0, 0.05) is 17.2 Å². The average Bonchev–Trinajstić information content (AvgIpc) is 3.39. The first-order chi connectivity index (χ1) is 36.7. The fourth-order valence-electron chi connectivity index (χ4n) is 9.65. The molecular weight excluding hydrogens is 1130 g/mol. The molecule has 1 aliphatic carbocycles. The van der Waals surface area contributed by atoms with Crippen LogP contribution in [0.4, 0.5) is 105 Å². The van der Waals surface area contributed by atoms with Crippen LogP contribution in [-0.4, -0.2) is 6.15 Å². The molecule has 0 saturated heterocycles. The van der Waals surface area contributed by atoms with Crippen molar-refractivity contribution in [2.45, 2.75) is 81.6 Å². The maximum Gasteiger partial charge on any atom is 0.416 e. The molecule has 0 fully saturated rings. The van der Waals surface area contributed by atoms with E-state index in [1.54, 1.807) is 0 Å². The molecule has 1 aromatic heterocycles. The molecule has 0 amide bonds. The van der Waals surface area contributed by atoms with Crippen LogP contribution in [0.1, 0.15) is 81.4 Å². The topological polar surface area (TPSA) is 3.88 Å². The van der Waals surface area contributed by atoms with E-state index in [0.717, 1.165) is 6.54 Å². The Morgan fingerprint density at radius 1 is 0.350 bits per heavy atom. The van der Waals surface area contributed by atoms with E-state index < -0.39 is 195 Å². The normalized spacial score (nSPS) is 14.4. The third-order valence-electron chi connectivity index (χ3n) is 13.2. The number of rotatable bonds is 7. The van der Waals surface area contributed by atoms with Crippen molar-refractivity contribution in [2.24, 2.45) is 0 Å². The summed E-state index contributed by atoms with van der Waals surface area (Å²) in [4.78, 5) is 0. The number of pyridine rings is 1. The van der Waals surface area contributed by atoms with Gasteiger partial charge >= 0.3 is 49.4 Å². The van der Waals surface area contributed by atoms with Crippen LogP contribution >= 0.6 is 0 Å². The van der Waals surface area contributed by atoms with Gasteiger partial charge in [-0.15, -0.1) is 0 Å². The zero-order valence-electron chi connectivity index (χ0n) is 40.0. The molecular formula is C54H34BF24N. The predicted molar refractivity (Wildman–Crippen MR) is 246 cm³/mol. The van der Waals surface area contributed by atoms with Gasteiger partial charge in [0.2, 0.25) is 5.69 Å². The maximum absolute atomic E-state index is 14.2. The van der Waals surface area contributed by atoms with Crippen molar-refractivity contribution in [3.63, 3.8) is 0 Å². The highest BCUT2D eigenvalue weighted by atomic mass is 19.4. The molecule has 0 atom stereocenters. The van der Waals surface area contributed by atoms with Gasteiger partial charge in [-0.2, -0.15) is 132 Å². The van der Waals surface area contributed by atoms with Gasteiger partial charge in [-0.25, -0.2) is 0 Å². The van der Waals surface area contributed by atoms with E-state index in [-0.39, 0.29) is 0 Å². The first-order valence-corrected chi connectivity index (χ1v) is 23.2. The number of allylic oxidation sites excluding steroid dienone is 2. The Morgan fingerprint density at radius 2 is 0.662 bits per heavy atom. The molecule has 1 heterocycles. The summed E-state index contributed by atoms with van der Waals surface area (Å²) < 4.78 is 343. The van der Waals surface area contributed by atoms with E-state index in [0.29, 0.717) is 0 Å². The Balaban J connectivity index is 0.000000329. The molecule has 8 rings (SSSR count). The number of benzene rings is 6. The molecule has 0 bridgehead atoms. The molecule has 26 heteroatoms. The largest absolute Gasteiger partial charge is 0.416 e. The summed E-state index contributed by atoms with van der Waals surface area (Å²) in [5, 5.41) is 2.71. The minimum atomic E-state index is -6.13. The fourth-order valence-corrected chi connectivity index (χ4v) is 9.65. The van der Waals surface area contributed by atoms with Crippen molar-refractivity contribution < 1.29 is 110 Å². The summed E-state index contributed by atoms with van der Waals surface area (Å²) in [5.74, 6) is 0. The van der Waals surface area contributed by atoms with Gasteiger partial charge in [0.05, 0.1) is 49.9 Å². The lowest BCUT2D eigenvalue weighted by molar-refractivity contribution is -0.689. The molecule has 7 aromatic rings. The van der Waals surface area contributed by atoms with Crippen LogP contribution in [0, 0.1) is 0 Å². The van der Waals surface area contributed by atoms with Gasteiger partial charge in [0.25, 0.3) is 0 Å². The van der Waals surface area contributed by atoms with Gasteiger partial charge in [-0.3, -0.25) is 0 Å². The number of nitrogens with zero attached hydrogens (tertiary/aromatic N) is 1. The molecule has 6 aromatic carbocycles. The van der Waals surface area contributed by atoms with Crippen molar-refractivity contribution in [1.29, 1.82) is 0 Å². The molecule has 0 aliphatic heterocycles. The van der Waals surface area contributed by atoms with Crippen LogP contribution in [-0.2, 0) is 56.0 Å².